The lowest BCUT2D eigenvalue weighted by molar-refractivity contribution is -0.0575. The first kappa shape index (κ1) is 116. The minimum absolute atomic E-state index is 0.0766. The molecule has 20 rings (SSSR count). The second-order valence-electron chi connectivity index (χ2n) is 62.0. The highest BCUT2D eigenvalue weighted by Gasteiger charge is 2.66. The second kappa shape index (κ2) is 46.7. The van der Waals surface area contributed by atoms with Crippen molar-refractivity contribution >= 4 is 0 Å². The first-order valence-electron chi connectivity index (χ1n) is 65.0. The fraction of sp³-hybridized carbons (Fsp3) is 0.887. The summed E-state index contributed by atoms with van der Waals surface area (Å²) in [5.41, 5.74) is 14.4. The van der Waals surface area contributed by atoms with Gasteiger partial charge in [0, 0.05) is 0 Å². The molecule has 15 saturated carbocycles. The highest BCUT2D eigenvalue weighted by molar-refractivity contribution is 5.40. The van der Waals surface area contributed by atoms with Gasteiger partial charge in [-0.15, -0.1) is 0 Å². The molecule has 0 amide bonds. The highest BCUT2D eigenvalue weighted by atomic mass is 16.3. The molecule has 20 aliphatic rings. The Hall–Kier alpha value is -2.28. The Bertz CT molecular complexity index is 4530. The summed E-state index contributed by atoms with van der Waals surface area (Å²) in [7, 11) is 0. The van der Waals surface area contributed by atoms with Crippen LogP contribution in [0.2, 0.25) is 0 Å². The highest BCUT2D eigenvalue weighted by Crippen LogP contribution is 2.75. The zero-order valence-corrected chi connectivity index (χ0v) is 101. The molecular formula is C141H236O5. The van der Waals surface area contributed by atoms with Crippen molar-refractivity contribution in [2.45, 2.75) is 540 Å². The summed E-state index contributed by atoms with van der Waals surface area (Å²) in [4.78, 5) is 0. The maximum Gasteiger partial charge on any atom is 0.0578 e. The molecular weight excluding hydrogens is 1770 g/mol. The van der Waals surface area contributed by atoms with E-state index in [-0.39, 0.29) is 30.5 Å². The first-order chi connectivity index (χ1) is 69.0. The maximum atomic E-state index is 10.2. The van der Waals surface area contributed by atoms with E-state index in [0.29, 0.717) is 71.9 Å². The number of rotatable bonds is 25. The molecule has 5 heteroatoms. The maximum absolute atomic E-state index is 10.2. The molecule has 0 aliphatic heterocycles. The molecule has 0 aromatic rings. The quantitative estimate of drug-likeness (QED) is 0.0587. The van der Waals surface area contributed by atoms with Crippen molar-refractivity contribution in [1.29, 1.82) is 0 Å². The zero-order valence-electron chi connectivity index (χ0n) is 101. The normalized spacial score (nSPS) is 45.6. The van der Waals surface area contributed by atoms with Crippen LogP contribution in [0.3, 0.4) is 0 Å². The van der Waals surface area contributed by atoms with Gasteiger partial charge in [-0.25, -0.2) is 0 Å². The van der Waals surface area contributed by atoms with Gasteiger partial charge in [0.15, 0.2) is 0 Å². The summed E-state index contributed by atoms with van der Waals surface area (Å²) >= 11 is 0. The van der Waals surface area contributed by atoms with Crippen LogP contribution in [-0.4, -0.2) is 56.1 Å². The van der Waals surface area contributed by atoms with Gasteiger partial charge >= 0.3 is 0 Å². The summed E-state index contributed by atoms with van der Waals surface area (Å²) in [5.74, 6) is 28.1. The van der Waals surface area contributed by atoms with Gasteiger partial charge in [-0.1, -0.05) is 340 Å². The predicted octanol–water partition coefficient (Wildman–Crippen LogP) is 38.2. The molecule has 0 saturated heterocycles. The number of hydrogen-bond acceptors (Lipinski definition) is 5. The van der Waals surface area contributed by atoms with E-state index in [1.165, 1.54) is 250 Å². The molecule has 0 bridgehead atoms. The van der Waals surface area contributed by atoms with Crippen LogP contribution in [0.5, 0.6) is 0 Å². The Kier molecular flexibility index (Phi) is 37.2. The van der Waals surface area contributed by atoms with Crippen molar-refractivity contribution in [1.82, 2.24) is 0 Å². The molecule has 0 aromatic carbocycles. The molecule has 0 spiro atoms. The van der Waals surface area contributed by atoms with Crippen molar-refractivity contribution in [3.8, 4) is 0 Å². The van der Waals surface area contributed by atoms with Crippen molar-refractivity contribution in [2.75, 3.05) is 0 Å². The third-order valence-corrected chi connectivity index (χ3v) is 53.4. The van der Waals surface area contributed by atoms with E-state index in [1.54, 1.807) is 27.9 Å². The van der Waals surface area contributed by atoms with Crippen molar-refractivity contribution in [3.05, 3.63) is 94.2 Å². The Morgan fingerprint density at radius 2 is 0.623 bits per heavy atom. The van der Waals surface area contributed by atoms with Crippen molar-refractivity contribution in [2.24, 2.45) is 249 Å². The van der Waals surface area contributed by atoms with Crippen LogP contribution in [0.15, 0.2) is 94.2 Å². The number of hydrogen-bond donors (Lipinski definition) is 5. The third kappa shape index (κ3) is 22.4. The van der Waals surface area contributed by atoms with Gasteiger partial charge in [0.05, 0.1) is 30.5 Å². The summed E-state index contributed by atoms with van der Waals surface area (Å²) < 4.78 is 0. The molecule has 0 aromatic heterocycles. The molecule has 0 unspecified atom stereocenters. The van der Waals surface area contributed by atoms with Crippen LogP contribution in [0.4, 0.5) is 0 Å². The van der Waals surface area contributed by atoms with Gasteiger partial charge in [-0.2, -0.15) is 0 Å². The molecule has 0 heterocycles. The van der Waals surface area contributed by atoms with Crippen LogP contribution in [-0.2, 0) is 0 Å². The average Bonchev–Trinajstić information content (AvgIpc) is 1.31. The van der Waals surface area contributed by atoms with Crippen molar-refractivity contribution < 1.29 is 25.5 Å². The number of allylic oxidation sites excluding steroid dienone is 11. The van der Waals surface area contributed by atoms with E-state index in [1.807, 2.05) is 0 Å². The SMILES string of the molecule is CC(C)CCC[C@@H](C)[C@H]1CC[C@H]2[C@@H]3CC=C4C[C@@H](O)CC[C@]4(C)[C@H]3CC[C@]12C.CC(C)[C@@H](C)/C=C/[C@@H](C)[C@H]1CC[C@H]2C3=CC=C4C[C@@H](O)CC[C@]4(C)[C@H]3CC[C@]12C.CC(C)[C@H](C)CC[C@@H](C)[C@H]1CC[C@H]2[C@@H]3CC=C4C[C@@H](O)CC[C@]4(C)[C@H]3CC[C@]12C.CC[C@H](/C=C/[C@@H](C)[C@H]1CC[C@H]2[C@@H]3CC=C4C[C@@H](O)CC[C@]4(C)[C@H]3CC[C@]12C)C(C)C.CC[C@H](CC[C@@H](C)[C@H]1CC[C@H]2[C@@H]3CC=C4C[C@@H](O)CC[C@]4(C)[C@H]3CC[C@]12C)C(C)C. The lowest BCUT2D eigenvalue weighted by Crippen LogP contribution is -2.50. The predicted molar refractivity (Wildman–Crippen MR) is 622 cm³/mol. The lowest BCUT2D eigenvalue weighted by Gasteiger charge is -2.58. The summed E-state index contributed by atoms with van der Waals surface area (Å²) in [6.07, 6.45) is 87.4. The number of fused-ring (bicyclic) bond motifs is 25. The topological polar surface area (TPSA) is 101 Å². The monoisotopic (exact) mass is 2010 g/mol. The zero-order chi connectivity index (χ0) is 105. The van der Waals surface area contributed by atoms with Crippen LogP contribution in [0.1, 0.15) is 509 Å². The van der Waals surface area contributed by atoms with E-state index in [4.69, 9.17) is 0 Å². The van der Waals surface area contributed by atoms with Gasteiger partial charge in [0.2, 0.25) is 0 Å². The van der Waals surface area contributed by atoms with Gasteiger partial charge in [0.25, 0.3) is 0 Å². The minimum Gasteiger partial charge on any atom is -0.393 e. The fourth-order valence-corrected chi connectivity index (χ4v) is 43.1. The van der Waals surface area contributed by atoms with E-state index in [0.717, 1.165) is 242 Å². The Balaban J connectivity index is 0.000000131. The van der Waals surface area contributed by atoms with Crippen LogP contribution in [0, 0.1) is 249 Å². The van der Waals surface area contributed by atoms with Gasteiger partial charge < -0.3 is 25.5 Å². The molecule has 5 N–H and O–H groups in total. The molecule has 20 aliphatic carbocycles. The number of aliphatic hydroxyl groups excluding tert-OH is 5. The first-order valence-corrected chi connectivity index (χ1v) is 65.0. The Labute approximate surface area is 902 Å². The Morgan fingerprint density at radius 1 is 0.281 bits per heavy atom. The lowest BCUT2D eigenvalue weighted by atomic mass is 9.47. The van der Waals surface area contributed by atoms with Gasteiger partial charge in [0.1, 0.15) is 0 Å². The van der Waals surface area contributed by atoms with E-state index < -0.39 is 0 Å². The summed E-state index contributed by atoms with van der Waals surface area (Å²) in [5, 5.41) is 51.1. The third-order valence-electron chi connectivity index (χ3n) is 53.4. The minimum atomic E-state index is -0.116. The van der Waals surface area contributed by atoms with Crippen LogP contribution < -0.4 is 0 Å². The van der Waals surface area contributed by atoms with Gasteiger partial charge in [-0.3, -0.25) is 0 Å². The summed E-state index contributed by atoms with van der Waals surface area (Å²) in [6.45, 7) is 72.2. The average molecular weight is 2010 g/mol. The molecule has 0 radical (unpaired) electrons. The van der Waals surface area contributed by atoms with E-state index in [2.05, 4.69) is 262 Å². The number of aliphatic hydroxyl groups is 5. The molecule has 830 valence electrons. The Morgan fingerprint density at radius 3 is 0.986 bits per heavy atom. The fourth-order valence-electron chi connectivity index (χ4n) is 43.1. The molecule has 146 heavy (non-hydrogen) atoms. The van der Waals surface area contributed by atoms with E-state index in [9.17, 15) is 25.5 Å². The summed E-state index contributed by atoms with van der Waals surface area (Å²) in [6, 6.07) is 0. The smallest absolute Gasteiger partial charge is 0.0578 e. The van der Waals surface area contributed by atoms with Crippen LogP contribution >= 0.6 is 0 Å². The van der Waals surface area contributed by atoms with E-state index >= 15 is 0 Å². The van der Waals surface area contributed by atoms with Crippen molar-refractivity contribution in [3.63, 3.8) is 0 Å². The van der Waals surface area contributed by atoms with Crippen LogP contribution in [0.25, 0.3) is 0 Å². The molecule has 5 nitrogen and oxygen atoms in total. The second-order valence-corrected chi connectivity index (χ2v) is 62.0. The van der Waals surface area contributed by atoms with Gasteiger partial charge in [-0.05, 0) is 513 Å². The molecule has 15 fully saturated rings. The molecule has 43 atom stereocenters. The largest absolute Gasteiger partial charge is 0.393 e. The standard InChI is InChI=1S/C29H50O.C29H48O.C28H48O.C28H44O.C27H46O/c2*1-7-21(19(2)3)9-8-20(4)25-12-13-26-24-11-10-22-18-23(30)14-16-28(22,5)27(24)15-17-29(25,26)6;2*1-18(2)19(3)7-8-20(4)24-11-12-25-23-10-9-21-17-22(29)13-15-27(21,5)26(23)14-16-28(24,25)6;1-18(2)7-6-8-19(3)23-11-12-24-22-10-9-20-17-21(28)13-15-26(20,4)25(22)14-16-27(23,24)5/h10,19-21,23-27,30H,7-9,11-18H2,1-6H3;8-10,19-21,23-27,30H,7,11-18H2,1-6H3;9,18-20,22-26,29H,7-8,10-17H2,1-6H3;7-10,18-20,22,24-26,29H,11-17H2,1-6H3;9,18-19,21-25,28H,6-8,10-17H2,1-5H3/b;9-8+;;8-7+;/t2*20-,21-,23+,24+,25-,26+,27+,28+,29-;19-,20-,22+,23+,24-,25+,26+,27+,28-;19-,20+,22-,24+,25-,26-,27-,28+;19-,21+,22+,23-,24+,25+,26+,27-/m11101/s1.